The van der Waals surface area contributed by atoms with E-state index in [0.717, 1.165) is 6.54 Å². The molecule has 1 rings (SSSR count). The maximum Gasteiger partial charge on any atom is 0.0868 e. The molecule has 0 heterocycles. The zero-order valence-electron chi connectivity index (χ0n) is 10.4. The molecular weight excluding hydrogens is 184 g/mol. The Morgan fingerprint density at radius 1 is 1.27 bits per heavy atom. The van der Waals surface area contributed by atoms with Crippen molar-refractivity contribution in [1.82, 2.24) is 4.90 Å². The Balaban J connectivity index is 2.40. The molecule has 1 aliphatic carbocycles. The first-order valence-corrected chi connectivity index (χ1v) is 6.14. The second-order valence-corrected chi connectivity index (χ2v) is 5.88. The van der Waals surface area contributed by atoms with Gasteiger partial charge in [0.2, 0.25) is 0 Å². The Bertz CT molecular complexity index is 216. The van der Waals surface area contributed by atoms with Crippen molar-refractivity contribution in [2.24, 2.45) is 5.41 Å². The number of rotatable bonds is 4. The van der Waals surface area contributed by atoms with Crippen LogP contribution in [0.5, 0.6) is 0 Å². The first kappa shape index (κ1) is 12.5. The monoisotopic (exact) mass is 208 g/mol. The standard InChI is InChI=1S/C13H24N2/c1-13(2,3)8-10-15(11-9-14)12-6-4-5-7-12/h12H,4-8,10-11H2,1-3H3. The van der Waals surface area contributed by atoms with Gasteiger partial charge < -0.3 is 0 Å². The van der Waals surface area contributed by atoms with Gasteiger partial charge in [0, 0.05) is 6.04 Å². The maximum absolute atomic E-state index is 8.83. The highest BCUT2D eigenvalue weighted by molar-refractivity contribution is 4.85. The summed E-state index contributed by atoms with van der Waals surface area (Å²) in [5.41, 5.74) is 0.381. The average Bonchev–Trinajstić information content (AvgIpc) is 2.63. The summed E-state index contributed by atoms with van der Waals surface area (Å²) >= 11 is 0. The number of hydrogen-bond donors (Lipinski definition) is 0. The summed E-state index contributed by atoms with van der Waals surface area (Å²) in [5, 5.41) is 8.83. The van der Waals surface area contributed by atoms with E-state index in [1.807, 2.05) is 0 Å². The third-order valence-electron chi connectivity index (χ3n) is 3.26. The van der Waals surface area contributed by atoms with Gasteiger partial charge in [-0.25, -0.2) is 0 Å². The molecule has 0 bridgehead atoms. The molecular formula is C13H24N2. The Morgan fingerprint density at radius 2 is 1.87 bits per heavy atom. The van der Waals surface area contributed by atoms with Crippen LogP contribution in [0, 0.1) is 16.7 Å². The lowest BCUT2D eigenvalue weighted by Gasteiger charge is -2.29. The molecule has 0 N–H and O–H groups in total. The van der Waals surface area contributed by atoms with Crippen LogP contribution in [0.2, 0.25) is 0 Å². The largest absolute Gasteiger partial charge is 0.288 e. The molecule has 0 unspecified atom stereocenters. The Morgan fingerprint density at radius 3 is 2.33 bits per heavy atom. The van der Waals surface area contributed by atoms with Gasteiger partial charge >= 0.3 is 0 Å². The van der Waals surface area contributed by atoms with Crippen LogP contribution in [0.15, 0.2) is 0 Å². The van der Waals surface area contributed by atoms with Crippen molar-refractivity contribution < 1.29 is 0 Å². The summed E-state index contributed by atoms with van der Waals surface area (Å²) in [6, 6.07) is 2.99. The molecule has 0 radical (unpaired) electrons. The predicted molar refractivity (Wildman–Crippen MR) is 63.5 cm³/mol. The molecule has 0 aromatic rings. The fraction of sp³-hybridized carbons (Fsp3) is 0.923. The summed E-state index contributed by atoms with van der Waals surface area (Å²) < 4.78 is 0. The van der Waals surface area contributed by atoms with Crippen molar-refractivity contribution in [3.05, 3.63) is 0 Å². The van der Waals surface area contributed by atoms with Crippen LogP contribution in [0.25, 0.3) is 0 Å². The zero-order chi connectivity index (χ0) is 11.3. The lowest BCUT2D eigenvalue weighted by atomic mass is 9.92. The third kappa shape index (κ3) is 4.66. The van der Waals surface area contributed by atoms with Crippen LogP contribution >= 0.6 is 0 Å². The highest BCUT2D eigenvalue weighted by Crippen LogP contribution is 2.25. The van der Waals surface area contributed by atoms with E-state index < -0.39 is 0 Å². The molecule has 0 atom stereocenters. The van der Waals surface area contributed by atoms with E-state index in [4.69, 9.17) is 5.26 Å². The molecule has 1 aliphatic rings. The fourth-order valence-electron chi connectivity index (χ4n) is 2.23. The SMILES string of the molecule is CC(C)(C)CCN(CC#N)C1CCCC1. The Hall–Kier alpha value is -0.550. The van der Waals surface area contributed by atoms with Gasteiger partial charge in [-0.15, -0.1) is 0 Å². The molecule has 0 aromatic carbocycles. The number of hydrogen-bond acceptors (Lipinski definition) is 2. The Labute approximate surface area is 94.3 Å². The van der Waals surface area contributed by atoms with Crippen molar-refractivity contribution in [2.45, 2.75) is 58.9 Å². The summed E-state index contributed by atoms with van der Waals surface area (Å²) in [4.78, 5) is 2.39. The van der Waals surface area contributed by atoms with E-state index in [1.165, 1.54) is 32.1 Å². The van der Waals surface area contributed by atoms with Crippen LogP contribution in [0.1, 0.15) is 52.9 Å². The van der Waals surface area contributed by atoms with Gasteiger partial charge in [0.1, 0.15) is 0 Å². The predicted octanol–water partition coefficient (Wildman–Crippen LogP) is 3.19. The molecule has 0 spiro atoms. The molecule has 0 amide bonds. The van der Waals surface area contributed by atoms with Crippen molar-refractivity contribution in [1.29, 1.82) is 5.26 Å². The maximum atomic E-state index is 8.83. The number of nitriles is 1. The summed E-state index contributed by atoms with van der Waals surface area (Å²) in [7, 11) is 0. The lowest BCUT2D eigenvalue weighted by Crippen LogP contribution is -2.36. The van der Waals surface area contributed by atoms with Gasteiger partial charge in [-0.3, -0.25) is 4.90 Å². The van der Waals surface area contributed by atoms with Gasteiger partial charge in [-0.05, 0) is 31.2 Å². The molecule has 1 fully saturated rings. The average molecular weight is 208 g/mol. The van der Waals surface area contributed by atoms with Gasteiger partial charge in [0.05, 0.1) is 12.6 Å². The van der Waals surface area contributed by atoms with E-state index in [0.29, 0.717) is 18.0 Å². The van der Waals surface area contributed by atoms with E-state index in [2.05, 4.69) is 31.7 Å². The van der Waals surface area contributed by atoms with Crippen molar-refractivity contribution >= 4 is 0 Å². The smallest absolute Gasteiger partial charge is 0.0868 e. The minimum absolute atomic E-state index is 0.381. The highest BCUT2D eigenvalue weighted by Gasteiger charge is 2.23. The van der Waals surface area contributed by atoms with Gasteiger partial charge in [-0.1, -0.05) is 33.6 Å². The van der Waals surface area contributed by atoms with E-state index >= 15 is 0 Å². The summed E-state index contributed by atoms with van der Waals surface area (Å²) in [5.74, 6) is 0. The first-order chi connectivity index (χ1) is 7.03. The lowest BCUT2D eigenvalue weighted by molar-refractivity contribution is 0.190. The second kappa shape index (κ2) is 5.51. The van der Waals surface area contributed by atoms with Crippen molar-refractivity contribution in [2.75, 3.05) is 13.1 Å². The van der Waals surface area contributed by atoms with Gasteiger partial charge in [0.15, 0.2) is 0 Å². The second-order valence-electron chi connectivity index (χ2n) is 5.88. The van der Waals surface area contributed by atoms with Crippen LogP contribution in [-0.2, 0) is 0 Å². The fourth-order valence-corrected chi connectivity index (χ4v) is 2.23. The molecule has 86 valence electrons. The molecule has 1 saturated carbocycles. The minimum Gasteiger partial charge on any atom is -0.288 e. The van der Waals surface area contributed by atoms with Gasteiger partial charge in [-0.2, -0.15) is 5.26 Å². The summed E-state index contributed by atoms with van der Waals surface area (Å²) in [6.45, 7) is 8.51. The number of nitrogens with zero attached hydrogens (tertiary/aromatic N) is 2. The van der Waals surface area contributed by atoms with E-state index in [1.54, 1.807) is 0 Å². The van der Waals surface area contributed by atoms with Gasteiger partial charge in [0.25, 0.3) is 0 Å². The summed E-state index contributed by atoms with van der Waals surface area (Å²) in [6.07, 6.45) is 6.48. The molecule has 0 saturated heterocycles. The van der Waals surface area contributed by atoms with Crippen LogP contribution < -0.4 is 0 Å². The highest BCUT2D eigenvalue weighted by atomic mass is 15.2. The minimum atomic E-state index is 0.381. The zero-order valence-corrected chi connectivity index (χ0v) is 10.4. The quantitative estimate of drug-likeness (QED) is 0.663. The molecule has 2 heteroatoms. The van der Waals surface area contributed by atoms with E-state index in [-0.39, 0.29) is 0 Å². The molecule has 2 nitrogen and oxygen atoms in total. The molecule has 0 aliphatic heterocycles. The van der Waals surface area contributed by atoms with Crippen LogP contribution in [-0.4, -0.2) is 24.0 Å². The van der Waals surface area contributed by atoms with Crippen LogP contribution in [0.3, 0.4) is 0 Å². The molecule has 0 aromatic heterocycles. The van der Waals surface area contributed by atoms with Crippen LogP contribution in [0.4, 0.5) is 0 Å². The first-order valence-electron chi connectivity index (χ1n) is 6.14. The normalized spacial score (nSPS) is 18.3. The Kier molecular flexibility index (Phi) is 4.60. The van der Waals surface area contributed by atoms with E-state index in [9.17, 15) is 0 Å². The molecule has 15 heavy (non-hydrogen) atoms. The topological polar surface area (TPSA) is 27.0 Å². The van der Waals surface area contributed by atoms with Crippen molar-refractivity contribution in [3.63, 3.8) is 0 Å². The van der Waals surface area contributed by atoms with Crippen molar-refractivity contribution in [3.8, 4) is 6.07 Å². The third-order valence-corrected chi connectivity index (χ3v) is 3.26.